The molecule has 1 N–H and O–H groups in total. The van der Waals surface area contributed by atoms with Crippen molar-refractivity contribution in [2.45, 2.75) is 30.1 Å². The van der Waals surface area contributed by atoms with E-state index in [2.05, 4.69) is 17.4 Å². The maximum Gasteiger partial charge on any atom is 0.265 e. The van der Waals surface area contributed by atoms with Gasteiger partial charge in [0.25, 0.3) is 5.91 Å². The number of para-hydroxylation sites is 1. The fourth-order valence-electron chi connectivity index (χ4n) is 2.61. The summed E-state index contributed by atoms with van der Waals surface area (Å²) >= 11 is 7.91. The molecule has 0 heterocycles. The van der Waals surface area contributed by atoms with Gasteiger partial charge in [0.05, 0.1) is 5.02 Å². The first-order valence-electron chi connectivity index (χ1n) is 9.14. The molecule has 0 unspecified atom stereocenters. The first kappa shape index (κ1) is 20.3. The van der Waals surface area contributed by atoms with Crippen molar-refractivity contribution in [3.63, 3.8) is 0 Å². The zero-order valence-corrected chi connectivity index (χ0v) is 17.2. The Morgan fingerprint density at radius 1 is 1.00 bits per heavy atom. The number of rotatable bonds is 8. The van der Waals surface area contributed by atoms with Crippen molar-refractivity contribution in [2.75, 3.05) is 5.32 Å². The number of hydrogen-bond donors (Lipinski definition) is 1. The van der Waals surface area contributed by atoms with Crippen molar-refractivity contribution in [1.82, 2.24) is 0 Å². The Morgan fingerprint density at radius 2 is 1.68 bits per heavy atom. The highest BCUT2D eigenvalue weighted by Gasteiger charge is 2.19. The lowest BCUT2D eigenvalue weighted by atomic mass is 10.2. The maximum atomic E-state index is 12.6. The first-order chi connectivity index (χ1) is 13.7. The van der Waals surface area contributed by atoms with Crippen molar-refractivity contribution in [1.29, 1.82) is 0 Å². The molecular formula is C23H22ClNO2S. The fourth-order valence-corrected chi connectivity index (χ4v) is 3.66. The Labute approximate surface area is 175 Å². The Kier molecular flexibility index (Phi) is 7.40. The van der Waals surface area contributed by atoms with Gasteiger partial charge >= 0.3 is 0 Å². The van der Waals surface area contributed by atoms with E-state index in [1.165, 1.54) is 10.5 Å². The Bertz CT molecular complexity index is 900. The summed E-state index contributed by atoms with van der Waals surface area (Å²) in [6, 6.07) is 25.3. The lowest BCUT2D eigenvalue weighted by molar-refractivity contribution is -0.122. The molecule has 0 aliphatic heterocycles. The van der Waals surface area contributed by atoms with Gasteiger partial charge in [0.2, 0.25) is 0 Å². The van der Waals surface area contributed by atoms with Gasteiger partial charge in [-0.15, -0.1) is 11.8 Å². The van der Waals surface area contributed by atoms with Gasteiger partial charge in [-0.25, -0.2) is 0 Å². The Hall–Kier alpha value is -2.43. The third kappa shape index (κ3) is 5.78. The van der Waals surface area contributed by atoms with E-state index in [9.17, 15) is 4.79 Å². The molecule has 0 spiro atoms. The summed E-state index contributed by atoms with van der Waals surface area (Å²) in [5, 5.41) is 3.41. The summed E-state index contributed by atoms with van der Waals surface area (Å²) in [5.74, 6) is 1.21. The number of halogens is 1. The molecule has 0 aromatic heterocycles. The molecule has 1 amide bonds. The van der Waals surface area contributed by atoms with Gasteiger partial charge in [-0.2, -0.15) is 0 Å². The van der Waals surface area contributed by atoms with Crippen LogP contribution in [-0.2, 0) is 10.5 Å². The van der Waals surface area contributed by atoms with Crippen LogP contribution in [-0.4, -0.2) is 12.0 Å². The number of amides is 1. The van der Waals surface area contributed by atoms with Gasteiger partial charge in [-0.1, -0.05) is 61.0 Å². The largest absolute Gasteiger partial charge is 0.479 e. The van der Waals surface area contributed by atoms with Crippen molar-refractivity contribution in [3.05, 3.63) is 89.4 Å². The van der Waals surface area contributed by atoms with Gasteiger partial charge in [-0.05, 0) is 48.4 Å². The first-order valence-corrected chi connectivity index (χ1v) is 10.5. The van der Waals surface area contributed by atoms with Gasteiger partial charge < -0.3 is 10.1 Å². The van der Waals surface area contributed by atoms with Crippen LogP contribution in [0.1, 0.15) is 18.9 Å². The van der Waals surface area contributed by atoms with Crippen LogP contribution in [0, 0.1) is 0 Å². The number of benzene rings is 3. The summed E-state index contributed by atoms with van der Waals surface area (Å²) in [6.07, 6.45) is -0.0590. The lowest BCUT2D eigenvalue weighted by Crippen LogP contribution is -2.32. The smallest absolute Gasteiger partial charge is 0.265 e. The van der Waals surface area contributed by atoms with Gasteiger partial charge in [0.15, 0.2) is 6.10 Å². The second-order valence-corrected chi connectivity index (χ2v) is 7.69. The van der Waals surface area contributed by atoms with Crippen LogP contribution >= 0.6 is 23.4 Å². The zero-order valence-electron chi connectivity index (χ0n) is 15.6. The summed E-state index contributed by atoms with van der Waals surface area (Å²) in [7, 11) is 0. The van der Waals surface area contributed by atoms with Crippen LogP contribution < -0.4 is 10.1 Å². The molecule has 3 aromatic carbocycles. The normalized spacial score (nSPS) is 11.6. The van der Waals surface area contributed by atoms with Crippen LogP contribution in [0.25, 0.3) is 0 Å². The highest BCUT2D eigenvalue weighted by Crippen LogP contribution is 2.26. The molecule has 1 atom stereocenters. The van der Waals surface area contributed by atoms with Crippen LogP contribution in [0.3, 0.4) is 0 Å². The number of ether oxygens (including phenoxy) is 1. The Morgan fingerprint density at radius 3 is 2.36 bits per heavy atom. The molecule has 0 saturated heterocycles. The van der Waals surface area contributed by atoms with Gasteiger partial charge in [0.1, 0.15) is 5.75 Å². The van der Waals surface area contributed by atoms with E-state index >= 15 is 0 Å². The van der Waals surface area contributed by atoms with E-state index in [-0.39, 0.29) is 5.91 Å². The predicted octanol–water partition coefficient (Wildman–Crippen LogP) is 6.43. The lowest BCUT2D eigenvalue weighted by Gasteiger charge is -2.18. The molecule has 0 fully saturated rings. The minimum absolute atomic E-state index is 0.186. The highest BCUT2D eigenvalue weighted by atomic mass is 35.5. The van der Waals surface area contributed by atoms with E-state index < -0.39 is 6.10 Å². The molecule has 0 saturated carbocycles. The van der Waals surface area contributed by atoms with Crippen LogP contribution in [0.15, 0.2) is 83.8 Å². The SMILES string of the molecule is CC[C@@H](Oc1ccccc1Cl)C(=O)Nc1ccc(CSc2ccccc2)cc1. The molecule has 3 rings (SSSR count). The topological polar surface area (TPSA) is 38.3 Å². The number of carbonyl (C=O) groups excluding carboxylic acids is 1. The summed E-state index contributed by atoms with van der Waals surface area (Å²) in [6.45, 7) is 1.91. The van der Waals surface area contributed by atoms with Crippen molar-refractivity contribution in [2.24, 2.45) is 0 Å². The third-order valence-corrected chi connectivity index (χ3v) is 5.53. The maximum absolute atomic E-state index is 12.6. The average Bonchev–Trinajstić information content (AvgIpc) is 2.73. The third-order valence-electron chi connectivity index (χ3n) is 4.14. The van der Waals surface area contributed by atoms with Crippen molar-refractivity contribution >= 4 is 35.0 Å². The standard InChI is InChI=1S/C23H22ClNO2S/c1-2-21(27-22-11-7-6-10-20(22)24)23(26)25-18-14-12-17(13-15-18)16-28-19-8-4-3-5-9-19/h3-15,21H,2,16H2,1H3,(H,25,26)/t21-/m1/s1. The fraction of sp³-hybridized carbons (Fsp3) is 0.174. The molecule has 0 aliphatic carbocycles. The van der Waals surface area contributed by atoms with E-state index in [1.807, 2.05) is 61.5 Å². The monoisotopic (exact) mass is 411 g/mol. The Balaban J connectivity index is 1.56. The molecule has 28 heavy (non-hydrogen) atoms. The van der Waals surface area contributed by atoms with Crippen LogP contribution in [0.5, 0.6) is 5.75 Å². The van der Waals surface area contributed by atoms with E-state index in [1.54, 1.807) is 23.9 Å². The molecule has 0 radical (unpaired) electrons. The minimum atomic E-state index is -0.604. The molecule has 3 aromatic rings. The zero-order chi connectivity index (χ0) is 19.8. The van der Waals surface area contributed by atoms with Crippen LogP contribution in [0.2, 0.25) is 5.02 Å². The summed E-state index contributed by atoms with van der Waals surface area (Å²) in [4.78, 5) is 13.8. The average molecular weight is 412 g/mol. The quantitative estimate of drug-likeness (QED) is 0.434. The predicted molar refractivity (Wildman–Crippen MR) is 117 cm³/mol. The van der Waals surface area contributed by atoms with Gasteiger partial charge in [0, 0.05) is 16.3 Å². The van der Waals surface area contributed by atoms with E-state index in [0.29, 0.717) is 17.2 Å². The van der Waals surface area contributed by atoms with E-state index in [0.717, 1.165) is 11.4 Å². The number of nitrogens with one attached hydrogen (secondary N) is 1. The molecule has 144 valence electrons. The van der Waals surface area contributed by atoms with E-state index in [4.69, 9.17) is 16.3 Å². The second-order valence-electron chi connectivity index (χ2n) is 6.23. The van der Waals surface area contributed by atoms with Crippen molar-refractivity contribution in [3.8, 4) is 5.75 Å². The summed E-state index contributed by atoms with van der Waals surface area (Å²) < 4.78 is 5.79. The summed E-state index contributed by atoms with van der Waals surface area (Å²) in [5.41, 5.74) is 1.95. The molecule has 5 heteroatoms. The molecule has 3 nitrogen and oxygen atoms in total. The highest BCUT2D eigenvalue weighted by molar-refractivity contribution is 7.98. The van der Waals surface area contributed by atoms with Crippen molar-refractivity contribution < 1.29 is 9.53 Å². The molecule has 0 aliphatic rings. The molecular weight excluding hydrogens is 390 g/mol. The van der Waals surface area contributed by atoms with Gasteiger partial charge in [-0.3, -0.25) is 4.79 Å². The second kappa shape index (κ2) is 10.2. The number of hydrogen-bond acceptors (Lipinski definition) is 3. The number of anilines is 1. The molecule has 0 bridgehead atoms. The number of carbonyl (C=O) groups is 1. The number of thioether (sulfide) groups is 1. The minimum Gasteiger partial charge on any atom is -0.479 e. The van der Waals surface area contributed by atoms with Crippen LogP contribution in [0.4, 0.5) is 5.69 Å².